The molecule has 0 saturated carbocycles. The monoisotopic (exact) mass is 389 g/mol. The Kier molecular flexibility index (Phi) is 4.88. The van der Waals surface area contributed by atoms with Gasteiger partial charge < -0.3 is 14.9 Å². The van der Waals surface area contributed by atoms with Crippen molar-refractivity contribution >= 4 is 11.7 Å². The topological polar surface area (TPSA) is 82.5 Å². The summed E-state index contributed by atoms with van der Waals surface area (Å²) in [4.78, 5) is 30.5. The van der Waals surface area contributed by atoms with Gasteiger partial charge in [-0.05, 0) is 49.2 Å². The number of nitrogens with zero attached hydrogens (tertiary/aromatic N) is 5. The fourth-order valence-electron chi connectivity index (χ4n) is 3.55. The van der Waals surface area contributed by atoms with E-state index in [1.807, 2.05) is 31.1 Å². The Morgan fingerprint density at radius 1 is 1.21 bits per heavy atom. The van der Waals surface area contributed by atoms with E-state index in [2.05, 4.69) is 4.98 Å². The lowest BCUT2D eigenvalue weighted by Gasteiger charge is -2.31. The second-order valence-corrected chi connectivity index (χ2v) is 7.41. The summed E-state index contributed by atoms with van der Waals surface area (Å²) in [5.74, 6) is 1.61. The number of pyridine rings is 1. The molecule has 4 rings (SSSR count). The van der Waals surface area contributed by atoms with E-state index in [0.29, 0.717) is 36.5 Å². The zero-order chi connectivity index (χ0) is 20.5. The first kappa shape index (κ1) is 18.9. The Balaban J connectivity index is 1.70. The molecule has 148 valence electrons. The van der Waals surface area contributed by atoms with Crippen molar-refractivity contribution in [3.05, 3.63) is 65.1 Å². The first-order chi connectivity index (χ1) is 13.9. The summed E-state index contributed by atoms with van der Waals surface area (Å²) in [6, 6.07) is 8.73. The van der Waals surface area contributed by atoms with E-state index >= 15 is 0 Å². The molecule has 0 aliphatic carbocycles. The minimum Gasteiger partial charge on any atom is -0.508 e. The van der Waals surface area contributed by atoms with E-state index in [4.69, 9.17) is 9.97 Å². The molecule has 0 saturated heterocycles. The molecule has 3 heterocycles. The number of anilines is 1. The average molecular weight is 389 g/mol. The number of benzene rings is 1. The molecular weight excluding hydrogens is 366 g/mol. The molecule has 7 nitrogen and oxygen atoms in total. The number of aromatic nitrogens is 3. The van der Waals surface area contributed by atoms with Crippen LogP contribution in [-0.2, 0) is 13.0 Å². The van der Waals surface area contributed by atoms with Gasteiger partial charge in [-0.2, -0.15) is 0 Å². The van der Waals surface area contributed by atoms with Crippen molar-refractivity contribution in [2.24, 2.45) is 0 Å². The maximum absolute atomic E-state index is 13.0. The van der Waals surface area contributed by atoms with Gasteiger partial charge in [-0.25, -0.2) is 9.97 Å². The van der Waals surface area contributed by atoms with Crippen LogP contribution >= 0.6 is 0 Å². The number of rotatable bonds is 3. The summed E-state index contributed by atoms with van der Waals surface area (Å²) in [7, 11) is 3.93. The van der Waals surface area contributed by atoms with Crippen LogP contribution in [0.5, 0.6) is 5.75 Å². The van der Waals surface area contributed by atoms with Crippen LogP contribution < -0.4 is 4.90 Å². The molecule has 1 aliphatic rings. The van der Waals surface area contributed by atoms with E-state index in [0.717, 1.165) is 22.6 Å². The van der Waals surface area contributed by atoms with Crippen LogP contribution in [0.4, 0.5) is 5.82 Å². The Morgan fingerprint density at radius 2 is 2.03 bits per heavy atom. The molecule has 0 unspecified atom stereocenters. The van der Waals surface area contributed by atoms with E-state index in [-0.39, 0.29) is 11.7 Å². The highest BCUT2D eigenvalue weighted by Gasteiger charge is 2.27. The fourth-order valence-corrected chi connectivity index (χ4v) is 3.55. The number of phenolic OH excluding ortho intramolecular Hbond substituents is 1. The van der Waals surface area contributed by atoms with Crippen molar-refractivity contribution in [2.45, 2.75) is 19.9 Å². The molecule has 1 amide bonds. The lowest BCUT2D eigenvalue weighted by atomic mass is 10.0. The lowest BCUT2D eigenvalue weighted by molar-refractivity contribution is 0.0731. The number of fused-ring (bicyclic) bond motifs is 1. The Morgan fingerprint density at radius 3 is 2.72 bits per heavy atom. The second kappa shape index (κ2) is 7.50. The molecule has 29 heavy (non-hydrogen) atoms. The molecule has 3 aromatic rings. The second-order valence-electron chi connectivity index (χ2n) is 7.41. The third kappa shape index (κ3) is 3.63. The molecule has 1 N–H and O–H groups in total. The molecule has 0 spiro atoms. The first-order valence-corrected chi connectivity index (χ1v) is 9.50. The van der Waals surface area contributed by atoms with Gasteiger partial charge in [0.15, 0.2) is 5.82 Å². The molecule has 1 aliphatic heterocycles. The summed E-state index contributed by atoms with van der Waals surface area (Å²) < 4.78 is 0. The van der Waals surface area contributed by atoms with Gasteiger partial charge in [-0.15, -0.1) is 0 Å². The maximum atomic E-state index is 13.0. The van der Waals surface area contributed by atoms with E-state index < -0.39 is 0 Å². The highest BCUT2D eigenvalue weighted by molar-refractivity contribution is 5.94. The van der Waals surface area contributed by atoms with Gasteiger partial charge in [0, 0.05) is 49.7 Å². The number of aryl methyl sites for hydroxylation is 1. The zero-order valence-electron chi connectivity index (χ0n) is 16.8. The summed E-state index contributed by atoms with van der Waals surface area (Å²) in [5, 5.41) is 9.74. The predicted molar refractivity (Wildman–Crippen MR) is 111 cm³/mol. The van der Waals surface area contributed by atoms with Crippen LogP contribution in [0.3, 0.4) is 0 Å². The normalized spacial score (nSPS) is 13.1. The number of phenols is 1. The van der Waals surface area contributed by atoms with Gasteiger partial charge in [0.05, 0.1) is 12.2 Å². The van der Waals surface area contributed by atoms with Gasteiger partial charge in [-0.3, -0.25) is 9.78 Å². The summed E-state index contributed by atoms with van der Waals surface area (Å²) in [6.07, 6.45) is 4.15. The van der Waals surface area contributed by atoms with Crippen molar-refractivity contribution < 1.29 is 9.90 Å². The minimum absolute atomic E-state index is 0.0632. The quantitative estimate of drug-likeness (QED) is 0.742. The lowest BCUT2D eigenvalue weighted by Crippen LogP contribution is -2.37. The highest BCUT2D eigenvalue weighted by atomic mass is 16.3. The number of carbonyl (C=O) groups excluding carboxylic acids is 1. The molecule has 0 bridgehead atoms. The SMILES string of the molecule is Cc1cc(C(=O)N2CCc3c(nc(-c4cccnc4)nc3N(C)C)C2)ccc1O. The van der Waals surface area contributed by atoms with E-state index in [1.165, 1.54) is 0 Å². The van der Waals surface area contributed by atoms with Gasteiger partial charge in [0.25, 0.3) is 5.91 Å². The Bertz CT molecular complexity index is 1070. The molecule has 2 aromatic heterocycles. The van der Waals surface area contributed by atoms with Gasteiger partial charge in [0.1, 0.15) is 11.6 Å². The molecule has 0 fully saturated rings. The first-order valence-electron chi connectivity index (χ1n) is 9.50. The smallest absolute Gasteiger partial charge is 0.254 e. The summed E-state index contributed by atoms with van der Waals surface area (Å²) in [5.41, 5.74) is 4.03. The summed E-state index contributed by atoms with van der Waals surface area (Å²) in [6.45, 7) is 2.81. The van der Waals surface area contributed by atoms with Crippen molar-refractivity contribution in [3.63, 3.8) is 0 Å². The van der Waals surface area contributed by atoms with Crippen LogP contribution in [-0.4, -0.2) is 51.5 Å². The van der Waals surface area contributed by atoms with Crippen LogP contribution in [0.2, 0.25) is 0 Å². The van der Waals surface area contributed by atoms with Crippen molar-refractivity contribution in [3.8, 4) is 17.1 Å². The van der Waals surface area contributed by atoms with Gasteiger partial charge in [-0.1, -0.05) is 0 Å². The van der Waals surface area contributed by atoms with Crippen LogP contribution in [0.15, 0.2) is 42.7 Å². The molecule has 1 aromatic carbocycles. The fraction of sp³-hybridized carbons (Fsp3) is 0.273. The summed E-state index contributed by atoms with van der Waals surface area (Å²) >= 11 is 0. The molecule has 0 radical (unpaired) electrons. The number of hydrogen-bond acceptors (Lipinski definition) is 6. The number of amides is 1. The van der Waals surface area contributed by atoms with Crippen molar-refractivity contribution in [1.82, 2.24) is 19.9 Å². The van der Waals surface area contributed by atoms with E-state index in [9.17, 15) is 9.90 Å². The van der Waals surface area contributed by atoms with Crippen LogP contribution in [0.25, 0.3) is 11.4 Å². The van der Waals surface area contributed by atoms with Crippen molar-refractivity contribution in [1.29, 1.82) is 0 Å². The number of hydrogen-bond donors (Lipinski definition) is 1. The largest absolute Gasteiger partial charge is 0.508 e. The number of carbonyl (C=O) groups is 1. The predicted octanol–water partition coefficient (Wildman–Crippen LogP) is 2.82. The Hall–Kier alpha value is -3.48. The highest BCUT2D eigenvalue weighted by Crippen LogP contribution is 2.29. The van der Waals surface area contributed by atoms with Gasteiger partial charge >= 0.3 is 0 Å². The Labute approximate surface area is 169 Å². The molecular formula is C22H23N5O2. The zero-order valence-corrected chi connectivity index (χ0v) is 16.8. The molecule has 0 atom stereocenters. The maximum Gasteiger partial charge on any atom is 0.254 e. The van der Waals surface area contributed by atoms with Crippen LogP contribution in [0.1, 0.15) is 27.2 Å². The third-order valence-corrected chi connectivity index (χ3v) is 5.12. The molecule has 7 heteroatoms. The van der Waals surface area contributed by atoms with E-state index in [1.54, 1.807) is 42.4 Å². The van der Waals surface area contributed by atoms with Crippen LogP contribution in [0, 0.1) is 6.92 Å². The standard InChI is InChI=1S/C22H23N5O2/c1-14-11-15(6-7-19(14)28)22(29)27-10-8-17-18(13-27)24-20(25-21(17)26(2)3)16-5-4-9-23-12-16/h4-7,9,11-12,28H,8,10,13H2,1-3H3. The minimum atomic E-state index is -0.0632. The van der Waals surface area contributed by atoms with Gasteiger partial charge in [0.2, 0.25) is 0 Å². The third-order valence-electron chi connectivity index (χ3n) is 5.12. The average Bonchev–Trinajstić information content (AvgIpc) is 2.74. The van der Waals surface area contributed by atoms with Crippen molar-refractivity contribution in [2.75, 3.05) is 25.5 Å². The number of aromatic hydroxyl groups is 1.